The largest absolute Gasteiger partial charge is 0.459 e. The standard InChI is InChI=1S/C22H25N3O7/c1-13(2)19(27)23-18-9-10-25(22(29)24-18)20-17(31-14(3)26)11-16(32-20)12-30-21(28)15-7-5-4-6-8-15/h4-10,13,16-17,20H,11-12H2,1-3H3,(H,23,24,27,29)/t16-,17+,20+/m0/s1. The van der Waals surface area contributed by atoms with Gasteiger partial charge in [0.1, 0.15) is 18.5 Å². The number of carbonyl (C=O) groups is 3. The number of rotatable bonds is 7. The topological polar surface area (TPSA) is 126 Å². The van der Waals surface area contributed by atoms with E-state index in [4.69, 9.17) is 14.2 Å². The summed E-state index contributed by atoms with van der Waals surface area (Å²) in [6.45, 7) is 4.62. The molecule has 3 rings (SSSR count). The Bertz CT molecular complexity index is 1040. The quantitative estimate of drug-likeness (QED) is 0.643. The number of hydrogen-bond donors (Lipinski definition) is 1. The molecule has 1 aliphatic rings. The van der Waals surface area contributed by atoms with Gasteiger partial charge in [0.25, 0.3) is 0 Å². The van der Waals surface area contributed by atoms with Crippen molar-refractivity contribution in [2.45, 2.75) is 45.6 Å². The van der Waals surface area contributed by atoms with Crippen molar-refractivity contribution in [2.24, 2.45) is 5.92 Å². The van der Waals surface area contributed by atoms with Gasteiger partial charge in [-0.2, -0.15) is 4.98 Å². The van der Waals surface area contributed by atoms with Gasteiger partial charge in [0, 0.05) is 25.5 Å². The van der Waals surface area contributed by atoms with Gasteiger partial charge in [-0.15, -0.1) is 0 Å². The molecular weight excluding hydrogens is 418 g/mol. The van der Waals surface area contributed by atoms with Crippen LogP contribution in [0.4, 0.5) is 5.82 Å². The van der Waals surface area contributed by atoms with Crippen LogP contribution in [0.25, 0.3) is 0 Å². The second-order valence-corrected chi connectivity index (χ2v) is 7.64. The summed E-state index contributed by atoms with van der Waals surface area (Å²) in [6.07, 6.45) is -0.683. The summed E-state index contributed by atoms with van der Waals surface area (Å²) >= 11 is 0. The highest BCUT2D eigenvalue weighted by Crippen LogP contribution is 2.31. The van der Waals surface area contributed by atoms with Gasteiger partial charge in [0.15, 0.2) is 6.23 Å². The molecule has 0 aliphatic carbocycles. The van der Waals surface area contributed by atoms with E-state index in [0.29, 0.717) is 5.56 Å². The number of ether oxygens (including phenoxy) is 3. The van der Waals surface area contributed by atoms with Crippen molar-refractivity contribution >= 4 is 23.7 Å². The number of benzene rings is 1. The number of aromatic nitrogens is 2. The predicted molar refractivity (Wildman–Crippen MR) is 113 cm³/mol. The van der Waals surface area contributed by atoms with Crippen molar-refractivity contribution < 1.29 is 28.6 Å². The van der Waals surface area contributed by atoms with Gasteiger partial charge in [-0.05, 0) is 18.2 Å². The Morgan fingerprint density at radius 2 is 1.94 bits per heavy atom. The first-order chi connectivity index (χ1) is 15.2. The lowest BCUT2D eigenvalue weighted by molar-refractivity contribution is -0.152. The van der Waals surface area contributed by atoms with Crippen LogP contribution in [0.2, 0.25) is 0 Å². The fraction of sp³-hybridized carbons (Fsp3) is 0.409. The van der Waals surface area contributed by atoms with Crippen LogP contribution in [0, 0.1) is 5.92 Å². The van der Waals surface area contributed by atoms with E-state index in [1.807, 2.05) is 0 Å². The molecule has 1 aromatic carbocycles. The lowest BCUT2D eigenvalue weighted by Crippen LogP contribution is -2.34. The van der Waals surface area contributed by atoms with Crippen molar-refractivity contribution in [3.63, 3.8) is 0 Å². The molecule has 2 aromatic rings. The van der Waals surface area contributed by atoms with E-state index >= 15 is 0 Å². The van der Waals surface area contributed by atoms with Gasteiger partial charge in [-0.1, -0.05) is 32.0 Å². The van der Waals surface area contributed by atoms with E-state index in [9.17, 15) is 19.2 Å². The molecule has 10 nitrogen and oxygen atoms in total. The first-order valence-electron chi connectivity index (χ1n) is 10.2. The SMILES string of the molecule is CC(=O)O[C@@H]1C[C@@H](COC(=O)c2ccccc2)O[C@H]1n1ccc(NC(=O)C(C)C)nc1=O. The molecule has 0 unspecified atom stereocenters. The maximum Gasteiger partial charge on any atom is 0.351 e. The lowest BCUT2D eigenvalue weighted by Gasteiger charge is -2.20. The van der Waals surface area contributed by atoms with Gasteiger partial charge in [0.2, 0.25) is 5.91 Å². The molecule has 1 amide bonds. The van der Waals surface area contributed by atoms with Gasteiger partial charge in [0.05, 0.1) is 11.7 Å². The van der Waals surface area contributed by atoms with Crippen molar-refractivity contribution in [2.75, 3.05) is 11.9 Å². The molecule has 0 bridgehead atoms. The number of carbonyl (C=O) groups excluding carboxylic acids is 3. The van der Waals surface area contributed by atoms with Crippen molar-refractivity contribution in [1.29, 1.82) is 0 Å². The molecule has 1 N–H and O–H groups in total. The number of esters is 2. The summed E-state index contributed by atoms with van der Waals surface area (Å²) in [7, 11) is 0. The zero-order valence-electron chi connectivity index (χ0n) is 18.0. The summed E-state index contributed by atoms with van der Waals surface area (Å²) in [5.74, 6) is -1.48. The van der Waals surface area contributed by atoms with Crippen LogP contribution in [0.5, 0.6) is 0 Å². The van der Waals surface area contributed by atoms with Crippen LogP contribution < -0.4 is 11.0 Å². The molecule has 1 aliphatic heterocycles. The maximum atomic E-state index is 12.6. The molecule has 0 saturated carbocycles. The second kappa shape index (κ2) is 10.2. The zero-order chi connectivity index (χ0) is 23.3. The first-order valence-corrected chi connectivity index (χ1v) is 10.2. The third-order valence-electron chi connectivity index (χ3n) is 4.75. The molecule has 170 valence electrons. The molecule has 0 radical (unpaired) electrons. The van der Waals surface area contributed by atoms with E-state index in [2.05, 4.69) is 10.3 Å². The van der Waals surface area contributed by atoms with E-state index in [1.54, 1.807) is 44.2 Å². The molecule has 0 spiro atoms. The van der Waals surface area contributed by atoms with Crippen molar-refractivity contribution in [3.8, 4) is 0 Å². The van der Waals surface area contributed by atoms with Crippen molar-refractivity contribution in [3.05, 3.63) is 58.6 Å². The summed E-state index contributed by atoms with van der Waals surface area (Å²) in [4.78, 5) is 52.0. The van der Waals surface area contributed by atoms with Gasteiger partial charge in [-0.25, -0.2) is 9.59 Å². The highest BCUT2D eigenvalue weighted by atomic mass is 16.6. The normalized spacial score (nSPS) is 20.1. The van der Waals surface area contributed by atoms with Crippen LogP contribution in [-0.2, 0) is 23.8 Å². The van der Waals surface area contributed by atoms with Gasteiger partial charge in [-0.3, -0.25) is 14.2 Å². The third-order valence-corrected chi connectivity index (χ3v) is 4.75. The van der Waals surface area contributed by atoms with E-state index in [1.165, 1.54) is 23.8 Å². The maximum absolute atomic E-state index is 12.6. The number of hydrogen-bond acceptors (Lipinski definition) is 8. The number of amides is 1. The highest BCUT2D eigenvalue weighted by Gasteiger charge is 2.40. The van der Waals surface area contributed by atoms with Crippen LogP contribution in [0.1, 0.15) is 43.8 Å². The van der Waals surface area contributed by atoms with E-state index in [0.717, 1.165) is 0 Å². The number of nitrogens with one attached hydrogen (secondary N) is 1. The lowest BCUT2D eigenvalue weighted by atomic mass is 10.2. The Labute approximate surface area is 184 Å². The Hall–Kier alpha value is -3.53. The molecule has 1 aromatic heterocycles. The Morgan fingerprint density at radius 1 is 1.22 bits per heavy atom. The summed E-state index contributed by atoms with van der Waals surface area (Å²) < 4.78 is 17.7. The third kappa shape index (κ3) is 5.79. The van der Waals surface area contributed by atoms with Gasteiger partial charge < -0.3 is 19.5 Å². The minimum atomic E-state index is -0.950. The molecule has 2 heterocycles. The Balaban J connectivity index is 1.71. The van der Waals surface area contributed by atoms with E-state index in [-0.39, 0.29) is 30.7 Å². The average Bonchev–Trinajstić information content (AvgIpc) is 3.14. The number of nitrogens with zero attached hydrogens (tertiary/aromatic N) is 2. The zero-order valence-corrected chi connectivity index (χ0v) is 18.0. The molecule has 10 heteroatoms. The van der Waals surface area contributed by atoms with Crippen LogP contribution in [0.15, 0.2) is 47.4 Å². The van der Waals surface area contributed by atoms with Crippen LogP contribution in [0.3, 0.4) is 0 Å². The summed E-state index contributed by atoms with van der Waals surface area (Å²) in [6, 6.07) is 9.96. The predicted octanol–water partition coefficient (Wildman–Crippen LogP) is 1.91. The van der Waals surface area contributed by atoms with E-state index < -0.39 is 36.1 Å². The molecule has 1 saturated heterocycles. The fourth-order valence-electron chi connectivity index (χ4n) is 3.16. The highest BCUT2D eigenvalue weighted by molar-refractivity contribution is 5.91. The summed E-state index contributed by atoms with van der Waals surface area (Å²) in [5.41, 5.74) is -0.284. The molecule has 3 atom stereocenters. The smallest absolute Gasteiger partial charge is 0.351 e. The number of anilines is 1. The van der Waals surface area contributed by atoms with Crippen LogP contribution in [-0.4, -0.2) is 46.2 Å². The summed E-state index contributed by atoms with van der Waals surface area (Å²) in [5, 5.41) is 2.55. The Kier molecular flexibility index (Phi) is 7.37. The molecule has 1 fully saturated rings. The first kappa shape index (κ1) is 23.1. The monoisotopic (exact) mass is 443 g/mol. The fourth-order valence-corrected chi connectivity index (χ4v) is 3.16. The average molecular weight is 443 g/mol. The minimum absolute atomic E-state index is 0.0767. The van der Waals surface area contributed by atoms with Gasteiger partial charge >= 0.3 is 17.6 Å². The minimum Gasteiger partial charge on any atom is -0.459 e. The second-order valence-electron chi connectivity index (χ2n) is 7.64. The molecule has 32 heavy (non-hydrogen) atoms. The Morgan fingerprint density at radius 3 is 2.56 bits per heavy atom. The van der Waals surface area contributed by atoms with Crippen LogP contribution >= 0.6 is 0 Å². The van der Waals surface area contributed by atoms with Crippen molar-refractivity contribution in [1.82, 2.24) is 9.55 Å². The molecular formula is C22H25N3O7.